The largest absolute Gasteiger partial charge is 0.493 e. The minimum absolute atomic E-state index is 0.157. The van der Waals surface area contributed by atoms with Crippen molar-refractivity contribution in [3.05, 3.63) is 74.3 Å². The molecule has 30 heavy (non-hydrogen) atoms. The van der Waals surface area contributed by atoms with E-state index in [2.05, 4.69) is 6.58 Å². The maximum absolute atomic E-state index is 12.2. The van der Waals surface area contributed by atoms with E-state index >= 15 is 0 Å². The number of unbranched alkanes of at least 4 members (excludes halogenated alkanes) is 2. The highest BCUT2D eigenvalue weighted by Gasteiger charge is 2.12. The van der Waals surface area contributed by atoms with Gasteiger partial charge in [-0.1, -0.05) is 35.4 Å². The fourth-order valence-corrected chi connectivity index (χ4v) is 3.37. The lowest BCUT2D eigenvalue weighted by molar-refractivity contribution is 0.234. The van der Waals surface area contributed by atoms with Gasteiger partial charge in [-0.15, -0.1) is 6.58 Å². The average Bonchev–Trinajstić information content (AvgIpc) is 2.71. The van der Waals surface area contributed by atoms with Crippen LogP contribution in [0.2, 0.25) is 10.0 Å². The van der Waals surface area contributed by atoms with Gasteiger partial charge in [-0.05, 0) is 50.8 Å². The lowest BCUT2D eigenvalue weighted by atomic mass is 10.1. The van der Waals surface area contributed by atoms with Crippen LogP contribution in [0, 0.1) is 0 Å². The number of aliphatic hydroxyl groups excluding tert-OH is 1. The summed E-state index contributed by atoms with van der Waals surface area (Å²) in [6, 6.07) is 4.69. The topological polar surface area (TPSA) is 68.9 Å². The van der Waals surface area contributed by atoms with Gasteiger partial charge in [-0.25, -0.2) is 0 Å². The second-order valence-corrected chi connectivity index (χ2v) is 7.39. The second-order valence-electron chi connectivity index (χ2n) is 6.54. The summed E-state index contributed by atoms with van der Waals surface area (Å²) in [4.78, 5) is 12.2. The van der Waals surface area contributed by atoms with Crippen molar-refractivity contribution in [1.82, 2.24) is 0 Å². The summed E-state index contributed by atoms with van der Waals surface area (Å²) < 4.78 is 17.0. The standard InChI is InChI=1S/C23H26Cl2O5/c1-3-8-18-19(25)12-16(24)13-22(18)28-10-6-5-7-11-29-23-20(27)14-17(15-26)30-21(23)9-4-2/h3-4,9,12-14,26H,1,5-8,10-11,15H2,2H3. The fourth-order valence-electron chi connectivity index (χ4n) is 2.82. The van der Waals surface area contributed by atoms with Crippen molar-refractivity contribution in [2.75, 3.05) is 13.2 Å². The van der Waals surface area contributed by atoms with E-state index in [1.54, 1.807) is 30.4 Å². The van der Waals surface area contributed by atoms with Gasteiger partial charge in [0.2, 0.25) is 11.2 Å². The first-order chi connectivity index (χ1) is 14.5. The minimum Gasteiger partial charge on any atom is -0.493 e. The molecule has 1 heterocycles. The van der Waals surface area contributed by atoms with Crippen molar-refractivity contribution in [3.8, 4) is 11.5 Å². The number of allylic oxidation sites excluding steroid dienone is 2. The highest BCUT2D eigenvalue weighted by molar-refractivity contribution is 6.35. The predicted molar refractivity (Wildman–Crippen MR) is 121 cm³/mol. The van der Waals surface area contributed by atoms with Gasteiger partial charge >= 0.3 is 0 Å². The van der Waals surface area contributed by atoms with Crippen LogP contribution in [0.3, 0.4) is 0 Å². The highest BCUT2D eigenvalue weighted by Crippen LogP contribution is 2.31. The Balaban J connectivity index is 1.82. The number of hydrogen-bond acceptors (Lipinski definition) is 5. The molecule has 0 spiro atoms. The molecule has 0 unspecified atom stereocenters. The van der Waals surface area contributed by atoms with Crippen molar-refractivity contribution >= 4 is 29.3 Å². The van der Waals surface area contributed by atoms with Crippen molar-refractivity contribution in [2.45, 2.75) is 39.2 Å². The number of aliphatic hydroxyl groups is 1. The molecule has 1 aromatic carbocycles. The fraction of sp³-hybridized carbons (Fsp3) is 0.348. The summed E-state index contributed by atoms with van der Waals surface area (Å²) in [5.41, 5.74) is 0.559. The zero-order valence-corrected chi connectivity index (χ0v) is 18.5. The zero-order valence-electron chi connectivity index (χ0n) is 17.0. The van der Waals surface area contributed by atoms with Crippen LogP contribution in [-0.4, -0.2) is 18.3 Å². The Labute approximate surface area is 186 Å². The van der Waals surface area contributed by atoms with Crippen LogP contribution in [0.4, 0.5) is 0 Å². The predicted octanol–water partition coefficient (Wildman–Crippen LogP) is 5.83. The van der Waals surface area contributed by atoms with Gasteiger partial charge in [0, 0.05) is 21.7 Å². The molecule has 0 fully saturated rings. The Morgan fingerprint density at radius 1 is 1.13 bits per heavy atom. The Bertz CT molecular complexity index is 934. The molecule has 1 aromatic heterocycles. The number of ether oxygens (including phenoxy) is 2. The van der Waals surface area contributed by atoms with Gasteiger partial charge in [-0.3, -0.25) is 4.79 Å². The summed E-state index contributed by atoms with van der Waals surface area (Å²) >= 11 is 12.3. The van der Waals surface area contributed by atoms with Crippen LogP contribution in [0.1, 0.15) is 43.3 Å². The van der Waals surface area contributed by atoms with Crippen molar-refractivity contribution in [3.63, 3.8) is 0 Å². The molecule has 0 atom stereocenters. The first-order valence-corrected chi connectivity index (χ1v) is 10.5. The maximum Gasteiger partial charge on any atom is 0.227 e. The maximum atomic E-state index is 12.2. The number of benzene rings is 1. The van der Waals surface area contributed by atoms with Crippen molar-refractivity contribution in [1.29, 1.82) is 0 Å². The van der Waals surface area contributed by atoms with E-state index in [1.165, 1.54) is 6.07 Å². The van der Waals surface area contributed by atoms with Gasteiger partial charge in [0.1, 0.15) is 18.1 Å². The molecule has 2 aromatic rings. The first-order valence-electron chi connectivity index (χ1n) is 9.75. The normalized spacial score (nSPS) is 11.1. The number of rotatable bonds is 12. The van der Waals surface area contributed by atoms with Crippen LogP contribution in [-0.2, 0) is 13.0 Å². The molecular weight excluding hydrogens is 427 g/mol. The lowest BCUT2D eigenvalue weighted by Crippen LogP contribution is -2.11. The molecule has 0 bridgehead atoms. The molecule has 1 N–H and O–H groups in total. The van der Waals surface area contributed by atoms with E-state index in [1.807, 2.05) is 6.92 Å². The van der Waals surface area contributed by atoms with Crippen LogP contribution in [0.15, 0.2) is 46.1 Å². The van der Waals surface area contributed by atoms with Crippen LogP contribution in [0.5, 0.6) is 11.5 Å². The van der Waals surface area contributed by atoms with Crippen molar-refractivity contribution in [2.24, 2.45) is 0 Å². The van der Waals surface area contributed by atoms with E-state index in [0.717, 1.165) is 24.8 Å². The van der Waals surface area contributed by atoms with E-state index in [9.17, 15) is 9.90 Å². The van der Waals surface area contributed by atoms with Gasteiger partial charge in [0.25, 0.3) is 0 Å². The van der Waals surface area contributed by atoms with E-state index in [0.29, 0.717) is 41.2 Å². The molecule has 0 amide bonds. The Kier molecular flexibility index (Phi) is 10.0. The Morgan fingerprint density at radius 3 is 2.53 bits per heavy atom. The van der Waals surface area contributed by atoms with Crippen molar-refractivity contribution < 1.29 is 19.0 Å². The van der Waals surface area contributed by atoms with Gasteiger partial charge in [-0.2, -0.15) is 0 Å². The van der Waals surface area contributed by atoms with Crippen LogP contribution in [0.25, 0.3) is 6.08 Å². The summed E-state index contributed by atoms with van der Waals surface area (Å²) in [6.45, 7) is 6.10. The third-order valence-corrected chi connectivity index (χ3v) is 4.77. The smallest absolute Gasteiger partial charge is 0.227 e. The summed E-state index contributed by atoms with van der Waals surface area (Å²) in [7, 11) is 0. The summed E-state index contributed by atoms with van der Waals surface area (Å²) in [5.74, 6) is 1.34. The third kappa shape index (κ3) is 6.94. The molecule has 0 aliphatic rings. The Morgan fingerprint density at radius 2 is 1.87 bits per heavy atom. The quantitative estimate of drug-likeness (QED) is 0.324. The summed E-state index contributed by atoms with van der Waals surface area (Å²) in [6.07, 6.45) is 8.16. The van der Waals surface area contributed by atoms with E-state index in [4.69, 9.17) is 37.1 Å². The molecule has 0 radical (unpaired) electrons. The van der Waals surface area contributed by atoms with Crippen LogP contribution >= 0.6 is 23.2 Å². The van der Waals surface area contributed by atoms with E-state index < -0.39 is 0 Å². The van der Waals surface area contributed by atoms with E-state index in [-0.39, 0.29) is 23.5 Å². The minimum atomic E-state index is -0.341. The average molecular weight is 453 g/mol. The molecule has 162 valence electrons. The molecule has 7 heteroatoms. The zero-order chi connectivity index (χ0) is 21.9. The SMILES string of the molecule is C=CCc1c(Cl)cc(Cl)cc1OCCCCCOc1c(C=CC)oc(CO)cc1=O. The molecule has 2 rings (SSSR count). The lowest BCUT2D eigenvalue weighted by Gasteiger charge is -2.13. The number of hydrogen-bond donors (Lipinski definition) is 1. The molecular formula is C23H26Cl2O5. The first kappa shape index (κ1) is 24.1. The second kappa shape index (κ2) is 12.5. The molecule has 0 aliphatic heterocycles. The Hall–Kier alpha value is -2.21. The molecule has 5 nitrogen and oxygen atoms in total. The van der Waals surface area contributed by atoms with Gasteiger partial charge in [0.05, 0.1) is 13.2 Å². The van der Waals surface area contributed by atoms with Gasteiger partial charge < -0.3 is 19.0 Å². The summed E-state index contributed by atoms with van der Waals surface area (Å²) in [5, 5.41) is 10.3. The molecule has 0 saturated carbocycles. The molecule has 0 saturated heterocycles. The number of halogens is 2. The monoisotopic (exact) mass is 452 g/mol. The van der Waals surface area contributed by atoms with Crippen LogP contribution < -0.4 is 14.9 Å². The highest BCUT2D eigenvalue weighted by atomic mass is 35.5. The third-order valence-electron chi connectivity index (χ3n) is 4.22. The van der Waals surface area contributed by atoms with Gasteiger partial charge in [0.15, 0.2) is 5.76 Å². The molecule has 0 aliphatic carbocycles.